The molecule has 1 aliphatic rings. The van der Waals surface area contributed by atoms with Gasteiger partial charge in [0.25, 0.3) is 0 Å². The van der Waals surface area contributed by atoms with Gasteiger partial charge in [-0.15, -0.1) is 0 Å². The summed E-state index contributed by atoms with van der Waals surface area (Å²) < 4.78 is 10.6. The number of hydrogen-bond acceptors (Lipinski definition) is 6. The van der Waals surface area contributed by atoms with Gasteiger partial charge in [-0.05, 0) is 6.42 Å². The van der Waals surface area contributed by atoms with E-state index in [1.165, 1.54) is 0 Å². The van der Waals surface area contributed by atoms with Crippen LogP contribution in [-0.2, 0) is 26.2 Å². The monoisotopic (exact) mass is 339 g/mol. The number of carboxylic acids is 1. The van der Waals surface area contributed by atoms with E-state index in [1.807, 2.05) is 20.8 Å². The molecule has 1 amide bonds. The van der Waals surface area contributed by atoms with Gasteiger partial charge in [0.1, 0.15) is 0 Å². The molecule has 134 valence electrons. The molecular weight excluding hydrogens is 314 g/mol. The molecule has 8 heteroatoms. The highest BCUT2D eigenvalue weighted by atomic mass is 16.5. The number of morpholine rings is 1. The number of ether oxygens (including phenoxy) is 1. The summed E-state index contributed by atoms with van der Waals surface area (Å²) in [5.41, 5.74) is -0.162. The van der Waals surface area contributed by atoms with Crippen LogP contribution in [0.5, 0.6) is 0 Å². The highest BCUT2D eigenvalue weighted by Crippen LogP contribution is 2.19. The zero-order chi connectivity index (χ0) is 17.7. The van der Waals surface area contributed by atoms with Crippen molar-refractivity contribution in [3.8, 4) is 0 Å². The molecule has 24 heavy (non-hydrogen) atoms. The smallest absolute Gasteiger partial charge is 0.306 e. The summed E-state index contributed by atoms with van der Waals surface area (Å²) in [5, 5.41) is 12.8. The number of hydrogen-bond donors (Lipinski definition) is 1. The van der Waals surface area contributed by atoms with Crippen molar-refractivity contribution in [3.63, 3.8) is 0 Å². The number of carbonyl (C=O) groups is 2. The molecule has 0 spiro atoms. The van der Waals surface area contributed by atoms with Crippen LogP contribution < -0.4 is 0 Å². The Bertz CT molecular complexity index is 579. The molecule has 1 aromatic rings. The van der Waals surface area contributed by atoms with Gasteiger partial charge in [-0.2, -0.15) is 4.98 Å². The Balaban J connectivity index is 1.76. The zero-order valence-corrected chi connectivity index (χ0v) is 14.4. The Morgan fingerprint density at radius 3 is 2.75 bits per heavy atom. The van der Waals surface area contributed by atoms with E-state index in [2.05, 4.69) is 10.1 Å². The molecular formula is C16H25N3O5. The number of carbonyl (C=O) groups excluding carboxylic acids is 1. The molecule has 1 aliphatic heterocycles. The summed E-state index contributed by atoms with van der Waals surface area (Å²) in [4.78, 5) is 29.0. The van der Waals surface area contributed by atoms with E-state index in [9.17, 15) is 9.59 Å². The minimum atomic E-state index is -0.916. The van der Waals surface area contributed by atoms with Gasteiger partial charge < -0.3 is 19.3 Å². The van der Waals surface area contributed by atoms with Gasteiger partial charge in [0, 0.05) is 31.3 Å². The number of nitrogens with zero attached hydrogens (tertiary/aromatic N) is 3. The van der Waals surface area contributed by atoms with Gasteiger partial charge in [0.05, 0.1) is 19.1 Å². The summed E-state index contributed by atoms with van der Waals surface area (Å²) in [6.45, 7) is 7.25. The van der Waals surface area contributed by atoms with Crippen molar-refractivity contribution in [2.75, 3.05) is 19.7 Å². The molecule has 0 aromatic carbocycles. The summed E-state index contributed by atoms with van der Waals surface area (Å²) >= 11 is 0. The highest BCUT2D eigenvalue weighted by Gasteiger charge is 2.26. The van der Waals surface area contributed by atoms with Crippen LogP contribution in [0.1, 0.15) is 51.7 Å². The summed E-state index contributed by atoms with van der Waals surface area (Å²) in [6.07, 6.45) is 1.03. The molecule has 1 fully saturated rings. The van der Waals surface area contributed by atoms with Crippen molar-refractivity contribution in [2.45, 2.75) is 58.0 Å². The molecule has 2 heterocycles. The van der Waals surface area contributed by atoms with Crippen LogP contribution in [0.4, 0.5) is 0 Å². The quantitative estimate of drug-likeness (QED) is 0.834. The summed E-state index contributed by atoms with van der Waals surface area (Å²) in [6, 6.07) is 0. The van der Waals surface area contributed by atoms with Gasteiger partial charge in [0.2, 0.25) is 11.8 Å². The van der Waals surface area contributed by atoms with E-state index in [-0.39, 0.29) is 17.7 Å². The van der Waals surface area contributed by atoms with Crippen molar-refractivity contribution < 1.29 is 24.0 Å². The van der Waals surface area contributed by atoms with Gasteiger partial charge in [-0.3, -0.25) is 9.59 Å². The minimum Gasteiger partial charge on any atom is -0.481 e. The van der Waals surface area contributed by atoms with Crippen LogP contribution in [0.25, 0.3) is 0 Å². The van der Waals surface area contributed by atoms with E-state index in [1.54, 1.807) is 4.90 Å². The predicted molar refractivity (Wildman–Crippen MR) is 84.5 cm³/mol. The predicted octanol–water partition coefficient (Wildman–Crippen LogP) is 1.39. The van der Waals surface area contributed by atoms with Crippen molar-refractivity contribution in [1.29, 1.82) is 0 Å². The first-order valence-electron chi connectivity index (χ1n) is 8.20. The van der Waals surface area contributed by atoms with Gasteiger partial charge in [0.15, 0.2) is 5.82 Å². The van der Waals surface area contributed by atoms with Crippen molar-refractivity contribution in [3.05, 3.63) is 11.7 Å². The fourth-order valence-corrected chi connectivity index (χ4v) is 2.47. The second-order valence-corrected chi connectivity index (χ2v) is 7.05. The molecule has 0 bridgehead atoms. The maximum Gasteiger partial charge on any atom is 0.306 e. The van der Waals surface area contributed by atoms with Crippen molar-refractivity contribution in [2.24, 2.45) is 0 Å². The van der Waals surface area contributed by atoms with E-state index in [0.29, 0.717) is 50.7 Å². The number of aliphatic carboxylic acids is 1. The third-order valence-corrected chi connectivity index (χ3v) is 3.81. The standard InChI is InChI=1S/C16H25N3O5/c1-16(2,3)15-17-12(24-18-15)5-4-6-13(20)19-7-8-23-11(10-19)9-14(21)22/h11H,4-10H2,1-3H3,(H,21,22). The molecule has 1 saturated heterocycles. The van der Waals surface area contributed by atoms with E-state index in [4.69, 9.17) is 14.4 Å². The maximum atomic E-state index is 12.2. The lowest BCUT2D eigenvalue weighted by Gasteiger charge is -2.32. The number of amides is 1. The first kappa shape index (κ1) is 18.4. The topological polar surface area (TPSA) is 106 Å². The number of carboxylic acid groups (broad SMARTS) is 1. The number of aryl methyl sites for hydroxylation is 1. The second-order valence-electron chi connectivity index (χ2n) is 7.05. The lowest BCUT2D eigenvalue weighted by atomic mass is 9.96. The number of aromatic nitrogens is 2. The maximum absolute atomic E-state index is 12.2. The molecule has 2 rings (SSSR count). The third-order valence-electron chi connectivity index (χ3n) is 3.81. The van der Waals surface area contributed by atoms with Crippen LogP contribution in [0.2, 0.25) is 0 Å². The van der Waals surface area contributed by atoms with E-state index >= 15 is 0 Å². The average Bonchev–Trinajstić information content (AvgIpc) is 2.95. The molecule has 1 aromatic heterocycles. The SMILES string of the molecule is CC(C)(C)c1noc(CCCC(=O)N2CCOC(CC(=O)O)C2)n1. The fraction of sp³-hybridized carbons (Fsp3) is 0.750. The Morgan fingerprint density at radius 1 is 1.38 bits per heavy atom. The van der Waals surface area contributed by atoms with Crippen molar-refractivity contribution in [1.82, 2.24) is 15.0 Å². The zero-order valence-electron chi connectivity index (χ0n) is 14.4. The fourth-order valence-electron chi connectivity index (χ4n) is 2.47. The lowest BCUT2D eigenvalue weighted by molar-refractivity contribution is -0.147. The highest BCUT2D eigenvalue weighted by molar-refractivity contribution is 5.76. The number of rotatable bonds is 6. The Labute approximate surface area is 141 Å². The first-order chi connectivity index (χ1) is 11.3. The molecule has 1 unspecified atom stereocenters. The minimum absolute atomic E-state index is 0.00393. The van der Waals surface area contributed by atoms with Crippen LogP contribution in [0, 0.1) is 0 Å². The largest absolute Gasteiger partial charge is 0.481 e. The molecule has 0 radical (unpaired) electrons. The molecule has 8 nitrogen and oxygen atoms in total. The van der Waals surface area contributed by atoms with Crippen LogP contribution in [0.3, 0.4) is 0 Å². The normalized spacial score (nSPS) is 18.6. The van der Waals surface area contributed by atoms with Gasteiger partial charge >= 0.3 is 5.97 Å². The Kier molecular flexibility index (Phi) is 5.93. The first-order valence-corrected chi connectivity index (χ1v) is 8.20. The van der Waals surface area contributed by atoms with Gasteiger partial charge in [-0.1, -0.05) is 25.9 Å². The second kappa shape index (κ2) is 7.74. The lowest BCUT2D eigenvalue weighted by Crippen LogP contribution is -2.46. The van der Waals surface area contributed by atoms with E-state index in [0.717, 1.165) is 0 Å². The van der Waals surface area contributed by atoms with E-state index < -0.39 is 12.1 Å². The molecule has 1 N–H and O–H groups in total. The molecule has 0 saturated carbocycles. The molecule has 0 aliphatic carbocycles. The average molecular weight is 339 g/mol. The van der Waals surface area contributed by atoms with Gasteiger partial charge in [-0.25, -0.2) is 0 Å². The summed E-state index contributed by atoms with van der Waals surface area (Å²) in [5.74, 6) is 0.288. The third kappa shape index (κ3) is 5.30. The Morgan fingerprint density at radius 2 is 2.12 bits per heavy atom. The van der Waals surface area contributed by atoms with Crippen LogP contribution in [0.15, 0.2) is 4.52 Å². The summed E-state index contributed by atoms with van der Waals surface area (Å²) in [7, 11) is 0. The Hall–Kier alpha value is -1.96. The van der Waals surface area contributed by atoms with Crippen LogP contribution in [-0.4, -0.2) is 57.8 Å². The van der Waals surface area contributed by atoms with Crippen molar-refractivity contribution >= 4 is 11.9 Å². The van der Waals surface area contributed by atoms with Crippen LogP contribution >= 0.6 is 0 Å². The molecule has 1 atom stereocenters.